The molecule has 0 saturated carbocycles. The molecule has 1 aliphatic heterocycles. The third-order valence-electron chi connectivity index (χ3n) is 3.22. The molecule has 0 aromatic heterocycles. The monoisotopic (exact) mass is 254 g/mol. The molecule has 1 unspecified atom stereocenters. The molecule has 0 spiro atoms. The van der Waals surface area contributed by atoms with Gasteiger partial charge >= 0.3 is 6.18 Å². The van der Waals surface area contributed by atoms with E-state index in [2.05, 4.69) is 6.92 Å². The van der Waals surface area contributed by atoms with Crippen molar-refractivity contribution < 1.29 is 13.2 Å². The van der Waals surface area contributed by atoms with Crippen molar-refractivity contribution in [1.29, 1.82) is 5.26 Å². The van der Waals surface area contributed by atoms with E-state index in [0.717, 1.165) is 25.6 Å². The summed E-state index contributed by atoms with van der Waals surface area (Å²) in [5.74, 6) is 0.540. The largest absolute Gasteiger partial charge is 0.417 e. The van der Waals surface area contributed by atoms with Crippen LogP contribution >= 0.6 is 0 Å². The molecule has 18 heavy (non-hydrogen) atoms. The lowest BCUT2D eigenvalue weighted by Crippen LogP contribution is -2.19. The number of anilines is 1. The highest BCUT2D eigenvalue weighted by molar-refractivity contribution is 5.55. The van der Waals surface area contributed by atoms with Crippen LogP contribution in [0.15, 0.2) is 18.2 Å². The summed E-state index contributed by atoms with van der Waals surface area (Å²) < 4.78 is 37.9. The smallest absolute Gasteiger partial charge is 0.371 e. The van der Waals surface area contributed by atoms with Gasteiger partial charge in [0, 0.05) is 18.8 Å². The Labute approximate surface area is 104 Å². The number of benzene rings is 1. The summed E-state index contributed by atoms with van der Waals surface area (Å²) in [6.07, 6.45) is -3.44. The summed E-state index contributed by atoms with van der Waals surface area (Å²) >= 11 is 0. The lowest BCUT2D eigenvalue weighted by Gasteiger charge is -2.19. The van der Waals surface area contributed by atoms with Gasteiger partial charge < -0.3 is 4.90 Å². The molecule has 1 saturated heterocycles. The molecule has 0 radical (unpaired) electrons. The Morgan fingerprint density at radius 3 is 2.61 bits per heavy atom. The Bertz CT molecular complexity index is 488. The molecule has 1 heterocycles. The fourth-order valence-electron chi connectivity index (χ4n) is 2.24. The van der Waals surface area contributed by atoms with E-state index in [4.69, 9.17) is 5.26 Å². The van der Waals surface area contributed by atoms with Crippen LogP contribution in [0.1, 0.15) is 24.5 Å². The summed E-state index contributed by atoms with van der Waals surface area (Å²) in [5.41, 5.74) is -0.468. The molecular formula is C13H13F3N2. The summed E-state index contributed by atoms with van der Waals surface area (Å²) in [7, 11) is 0. The Hall–Kier alpha value is -1.70. The SMILES string of the molecule is CC1CCN(c2ccc(C(F)(F)F)c(C#N)c2)C1. The van der Waals surface area contributed by atoms with Crippen molar-refractivity contribution in [2.24, 2.45) is 5.92 Å². The van der Waals surface area contributed by atoms with Gasteiger partial charge in [-0.15, -0.1) is 0 Å². The summed E-state index contributed by atoms with van der Waals surface area (Å²) in [6.45, 7) is 3.77. The number of hydrogen-bond donors (Lipinski definition) is 0. The van der Waals surface area contributed by atoms with Crippen LogP contribution in [0.3, 0.4) is 0 Å². The maximum absolute atomic E-state index is 12.6. The Morgan fingerprint density at radius 2 is 2.11 bits per heavy atom. The first-order valence-electron chi connectivity index (χ1n) is 5.78. The average molecular weight is 254 g/mol. The minimum absolute atomic E-state index is 0.306. The van der Waals surface area contributed by atoms with Gasteiger partial charge in [-0.2, -0.15) is 18.4 Å². The van der Waals surface area contributed by atoms with Crippen molar-refractivity contribution in [2.75, 3.05) is 18.0 Å². The second kappa shape index (κ2) is 4.52. The first-order valence-corrected chi connectivity index (χ1v) is 5.78. The average Bonchev–Trinajstić information content (AvgIpc) is 2.74. The van der Waals surface area contributed by atoms with Crippen LogP contribution in [0.5, 0.6) is 0 Å². The maximum Gasteiger partial charge on any atom is 0.417 e. The van der Waals surface area contributed by atoms with Crippen LogP contribution in [0.25, 0.3) is 0 Å². The van der Waals surface area contributed by atoms with Gasteiger partial charge in [-0.1, -0.05) is 6.92 Å². The van der Waals surface area contributed by atoms with Crippen molar-refractivity contribution in [3.05, 3.63) is 29.3 Å². The summed E-state index contributed by atoms with van der Waals surface area (Å²) in [5, 5.41) is 8.83. The van der Waals surface area contributed by atoms with Crippen molar-refractivity contribution >= 4 is 5.69 Å². The van der Waals surface area contributed by atoms with E-state index in [0.29, 0.717) is 11.6 Å². The van der Waals surface area contributed by atoms with Gasteiger partial charge in [0.25, 0.3) is 0 Å². The number of alkyl halides is 3. The van der Waals surface area contributed by atoms with Crippen molar-refractivity contribution in [2.45, 2.75) is 19.5 Å². The first-order chi connectivity index (χ1) is 8.41. The van der Waals surface area contributed by atoms with Gasteiger partial charge in [0.1, 0.15) is 0 Å². The van der Waals surface area contributed by atoms with Crippen LogP contribution < -0.4 is 4.90 Å². The molecule has 0 amide bonds. The van der Waals surface area contributed by atoms with Crippen molar-refractivity contribution in [3.8, 4) is 6.07 Å². The van der Waals surface area contributed by atoms with Crippen molar-refractivity contribution in [3.63, 3.8) is 0 Å². The van der Waals surface area contributed by atoms with Gasteiger partial charge in [0.2, 0.25) is 0 Å². The van der Waals surface area contributed by atoms with E-state index < -0.39 is 11.7 Å². The third-order valence-corrected chi connectivity index (χ3v) is 3.22. The zero-order chi connectivity index (χ0) is 13.3. The quantitative estimate of drug-likeness (QED) is 0.767. The molecule has 1 atom stereocenters. The molecule has 2 rings (SSSR count). The van der Waals surface area contributed by atoms with E-state index in [1.165, 1.54) is 12.1 Å². The molecule has 0 bridgehead atoms. The Morgan fingerprint density at radius 1 is 1.39 bits per heavy atom. The molecular weight excluding hydrogens is 241 g/mol. The zero-order valence-corrected chi connectivity index (χ0v) is 9.96. The summed E-state index contributed by atoms with van der Waals surface area (Å²) in [6, 6.07) is 5.41. The van der Waals surface area contributed by atoms with Gasteiger partial charge in [-0.05, 0) is 30.5 Å². The standard InChI is InChI=1S/C13H13F3N2/c1-9-4-5-18(8-9)11-2-3-12(13(14,15)16)10(6-11)7-17/h2-3,6,9H,4-5,8H2,1H3. The fourth-order valence-corrected chi connectivity index (χ4v) is 2.24. The normalized spacial score (nSPS) is 19.9. The molecule has 1 fully saturated rings. The lowest BCUT2D eigenvalue weighted by atomic mass is 10.1. The summed E-state index contributed by atoms with van der Waals surface area (Å²) in [4.78, 5) is 2.02. The zero-order valence-electron chi connectivity index (χ0n) is 9.96. The molecule has 0 aliphatic carbocycles. The number of rotatable bonds is 1. The Kier molecular flexibility index (Phi) is 3.20. The Balaban J connectivity index is 2.34. The van der Waals surface area contributed by atoms with Crippen LogP contribution in [0, 0.1) is 17.2 Å². The highest BCUT2D eigenvalue weighted by atomic mass is 19.4. The fraction of sp³-hybridized carbons (Fsp3) is 0.462. The first kappa shape index (κ1) is 12.7. The highest BCUT2D eigenvalue weighted by Gasteiger charge is 2.34. The van der Waals surface area contributed by atoms with Crippen LogP contribution in [0.4, 0.5) is 18.9 Å². The number of nitriles is 1. The molecule has 5 heteroatoms. The number of hydrogen-bond acceptors (Lipinski definition) is 2. The maximum atomic E-state index is 12.6. The molecule has 1 aliphatic rings. The van der Waals surface area contributed by atoms with Gasteiger partial charge in [-0.3, -0.25) is 0 Å². The predicted molar refractivity (Wildman–Crippen MR) is 62.2 cm³/mol. The number of nitrogens with zero attached hydrogens (tertiary/aromatic N) is 2. The minimum atomic E-state index is -4.47. The van der Waals surface area contributed by atoms with E-state index in [1.54, 1.807) is 6.07 Å². The lowest BCUT2D eigenvalue weighted by molar-refractivity contribution is -0.137. The topological polar surface area (TPSA) is 27.0 Å². The van der Waals surface area contributed by atoms with E-state index in [1.807, 2.05) is 4.90 Å². The van der Waals surface area contributed by atoms with Crippen LogP contribution in [-0.2, 0) is 6.18 Å². The third kappa shape index (κ3) is 2.42. The number of halogens is 3. The second-order valence-corrected chi connectivity index (χ2v) is 4.68. The predicted octanol–water partition coefficient (Wildman–Crippen LogP) is 3.42. The molecule has 1 aromatic rings. The second-order valence-electron chi connectivity index (χ2n) is 4.68. The highest BCUT2D eigenvalue weighted by Crippen LogP contribution is 2.34. The van der Waals surface area contributed by atoms with E-state index in [9.17, 15) is 13.2 Å². The van der Waals surface area contributed by atoms with Crippen molar-refractivity contribution in [1.82, 2.24) is 0 Å². The molecule has 2 nitrogen and oxygen atoms in total. The van der Waals surface area contributed by atoms with Gasteiger partial charge in [0.15, 0.2) is 0 Å². The van der Waals surface area contributed by atoms with Gasteiger partial charge in [-0.25, -0.2) is 0 Å². The molecule has 96 valence electrons. The molecule has 1 aromatic carbocycles. The van der Waals surface area contributed by atoms with Gasteiger partial charge in [0.05, 0.1) is 17.2 Å². The van der Waals surface area contributed by atoms with Crippen LogP contribution in [-0.4, -0.2) is 13.1 Å². The van der Waals surface area contributed by atoms with Crippen LogP contribution in [0.2, 0.25) is 0 Å². The van der Waals surface area contributed by atoms with E-state index in [-0.39, 0.29) is 5.56 Å². The minimum Gasteiger partial charge on any atom is -0.371 e. The molecule has 0 N–H and O–H groups in total. The van der Waals surface area contributed by atoms with E-state index >= 15 is 0 Å².